The summed E-state index contributed by atoms with van der Waals surface area (Å²) in [7, 11) is 0. The molecule has 0 N–H and O–H groups in total. The Morgan fingerprint density at radius 2 is 1.70 bits per heavy atom. The van der Waals surface area contributed by atoms with Gasteiger partial charge in [-0.1, -0.05) is 30.3 Å². The van der Waals surface area contributed by atoms with Gasteiger partial charge >= 0.3 is 0 Å². The summed E-state index contributed by atoms with van der Waals surface area (Å²) in [6, 6.07) is 10.3. The molecule has 1 aromatic carbocycles. The molecule has 5 nitrogen and oxygen atoms in total. The molecule has 23 heavy (non-hydrogen) atoms. The van der Waals surface area contributed by atoms with E-state index in [2.05, 4.69) is 37.3 Å². The first kappa shape index (κ1) is 14.1. The summed E-state index contributed by atoms with van der Waals surface area (Å²) in [6.45, 7) is 3.80. The van der Waals surface area contributed by atoms with Gasteiger partial charge in [-0.15, -0.1) is 11.3 Å². The third-order valence-corrected chi connectivity index (χ3v) is 4.89. The summed E-state index contributed by atoms with van der Waals surface area (Å²) >= 11 is 1.72. The molecule has 0 aliphatic carbocycles. The van der Waals surface area contributed by atoms with Crippen LogP contribution in [0.2, 0.25) is 0 Å². The molecule has 0 unspecified atom stereocenters. The van der Waals surface area contributed by atoms with Gasteiger partial charge in [-0.3, -0.25) is 4.98 Å². The van der Waals surface area contributed by atoms with E-state index in [1.54, 1.807) is 23.7 Å². The molecule has 1 aliphatic heterocycles. The molecular weight excluding hydrogens is 306 g/mol. The minimum atomic E-state index is 0.943. The van der Waals surface area contributed by atoms with Crippen molar-refractivity contribution in [3.63, 3.8) is 0 Å². The number of nitrogens with zero attached hydrogens (tertiary/aromatic N) is 5. The SMILES string of the molecule is c1ccc(-c2csc(N3CCN(c4cnccn4)CC3)n2)cc1. The van der Waals surface area contributed by atoms with Gasteiger partial charge in [0.15, 0.2) is 5.13 Å². The topological polar surface area (TPSA) is 45.2 Å². The molecule has 6 heteroatoms. The number of thiazole rings is 1. The Hall–Kier alpha value is -2.47. The van der Waals surface area contributed by atoms with Crippen molar-refractivity contribution < 1.29 is 0 Å². The van der Waals surface area contributed by atoms with Gasteiger partial charge in [0, 0.05) is 49.5 Å². The zero-order valence-corrected chi connectivity index (χ0v) is 13.5. The van der Waals surface area contributed by atoms with E-state index in [-0.39, 0.29) is 0 Å². The summed E-state index contributed by atoms with van der Waals surface area (Å²) in [5, 5.41) is 3.24. The van der Waals surface area contributed by atoms with Gasteiger partial charge in [-0.2, -0.15) is 0 Å². The largest absolute Gasteiger partial charge is 0.352 e. The summed E-state index contributed by atoms with van der Waals surface area (Å²) in [5.74, 6) is 0.955. The third kappa shape index (κ3) is 3.03. The second-order valence-electron chi connectivity index (χ2n) is 5.42. The number of rotatable bonds is 3. The Kier molecular flexibility index (Phi) is 3.90. The first-order valence-corrected chi connectivity index (χ1v) is 8.55. The molecule has 0 bridgehead atoms. The van der Waals surface area contributed by atoms with Crippen molar-refractivity contribution in [1.29, 1.82) is 0 Å². The van der Waals surface area contributed by atoms with Crippen LogP contribution in [0.1, 0.15) is 0 Å². The van der Waals surface area contributed by atoms with Crippen LogP contribution in [0.3, 0.4) is 0 Å². The highest BCUT2D eigenvalue weighted by molar-refractivity contribution is 7.14. The van der Waals surface area contributed by atoms with E-state index < -0.39 is 0 Å². The Morgan fingerprint density at radius 3 is 2.43 bits per heavy atom. The first-order valence-electron chi connectivity index (χ1n) is 7.67. The number of hydrogen-bond acceptors (Lipinski definition) is 6. The highest BCUT2D eigenvalue weighted by Gasteiger charge is 2.20. The Labute approximate surface area is 139 Å². The molecule has 4 rings (SSSR count). The molecule has 0 amide bonds. The normalized spacial score (nSPS) is 15.0. The van der Waals surface area contributed by atoms with Gasteiger partial charge in [-0.25, -0.2) is 9.97 Å². The van der Waals surface area contributed by atoms with Crippen LogP contribution in [-0.4, -0.2) is 41.1 Å². The number of aromatic nitrogens is 3. The van der Waals surface area contributed by atoms with E-state index >= 15 is 0 Å². The highest BCUT2D eigenvalue weighted by atomic mass is 32.1. The maximum Gasteiger partial charge on any atom is 0.185 e. The van der Waals surface area contributed by atoms with Gasteiger partial charge in [0.25, 0.3) is 0 Å². The Bertz CT molecular complexity index is 751. The minimum Gasteiger partial charge on any atom is -0.352 e. The van der Waals surface area contributed by atoms with E-state index in [9.17, 15) is 0 Å². The van der Waals surface area contributed by atoms with E-state index in [1.165, 1.54) is 5.56 Å². The summed E-state index contributed by atoms with van der Waals surface area (Å²) < 4.78 is 0. The zero-order chi connectivity index (χ0) is 15.5. The maximum atomic E-state index is 4.80. The average Bonchev–Trinajstić information content (AvgIpc) is 3.14. The molecule has 3 aromatic rings. The molecule has 0 radical (unpaired) electrons. The molecule has 1 aliphatic rings. The maximum absolute atomic E-state index is 4.80. The van der Waals surface area contributed by atoms with Gasteiger partial charge < -0.3 is 9.80 Å². The van der Waals surface area contributed by atoms with Crippen molar-refractivity contribution in [3.05, 3.63) is 54.3 Å². The predicted octanol–water partition coefficient (Wildman–Crippen LogP) is 2.93. The lowest BCUT2D eigenvalue weighted by atomic mass is 10.2. The van der Waals surface area contributed by atoms with Crippen LogP contribution in [0.25, 0.3) is 11.3 Å². The quantitative estimate of drug-likeness (QED) is 0.741. The molecule has 2 aromatic heterocycles. The van der Waals surface area contributed by atoms with Crippen LogP contribution in [0.5, 0.6) is 0 Å². The molecule has 0 saturated carbocycles. The van der Waals surface area contributed by atoms with Crippen LogP contribution in [0.4, 0.5) is 10.9 Å². The fourth-order valence-corrected chi connectivity index (χ4v) is 3.62. The van der Waals surface area contributed by atoms with Crippen molar-refractivity contribution in [3.8, 4) is 11.3 Å². The predicted molar refractivity (Wildman–Crippen MR) is 94.0 cm³/mol. The van der Waals surface area contributed by atoms with E-state index in [4.69, 9.17) is 4.98 Å². The number of piperazine rings is 1. The molecule has 0 spiro atoms. The molecule has 1 fully saturated rings. The number of benzene rings is 1. The average molecular weight is 323 g/mol. The Balaban J connectivity index is 1.44. The molecule has 116 valence electrons. The van der Waals surface area contributed by atoms with Crippen LogP contribution in [-0.2, 0) is 0 Å². The first-order chi connectivity index (χ1) is 11.4. The number of hydrogen-bond donors (Lipinski definition) is 0. The summed E-state index contributed by atoms with van der Waals surface area (Å²) in [4.78, 5) is 17.9. The third-order valence-electron chi connectivity index (χ3n) is 3.99. The van der Waals surface area contributed by atoms with Crippen molar-refractivity contribution in [2.75, 3.05) is 36.0 Å². The lowest BCUT2D eigenvalue weighted by molar-refractivity contribution is 0.645. The molecule has 3 heterocycles. The van der Waals surface area contributed by atoms with E-state index in [0.29, 0.717) is 0 Å². The minimum absolute atomic E-state index is 0.943. The van der Waals surface area contributed by atoms with Crippen LogP contribution in [0.15, 0.2) is 54.3 Å². The smallest absolute Gasteiger partial charge is 0.185 e. The molecule has 1 saturated heterocycles. The highest BCUT2D eigenvalue weighted by Crippen LogP contribution is 2.28. The zero-order valence-electron chi connectivity index (χ0n) is 12.7. The van der Waals surface area contributed by atoms with Crippen LogP contribution < -0.4 is 9.80 Å². The monoisotopic (exact) mass is 323 g/mol. The lowest BCUT2D eigenvalue weighted by Crippen LogP contribution is -2.46. The van der Waals surface area contributed by atoms with Crippen LogP contribution in [0, 0.1) is 0 Å². The fourth-order valence-electron chi connectivity index (χ4n) is 2.73. The lowest BCUT2D eigenvalue weighted by Gasteiger charge is -2.35. The van der Waals surface area contributed by atoms with Crippen molar-refractivity contribution in [2.24, 2.45) is 0 Å². The second-order valence-corrected chi connectivity index (χ2v) is 6.26. The Morgan fingerprint density at radius 1 is 0.913 bits per heavy atom. The van der Waals surface area contributed by atoms with Gasteiger partial charge in [0.1, 0.15) is 5.82 Å². The van der Waals surface area contributed by atoms with Crippen molar-refractivity contribution in [2.45, 2.75) is 0 Å². The fraction of sp³-hybridized carbons (Fsp3) is 0.235. The van der Waals surface area contributed by atoms with Gasteiger partial charge in [0.05, 0.1) is 11.9 Å². The van der Waals surface area contributed by atoms with Crippen LogP contribution >= 0.6 is 11.3 Å². The van der Waals surface area contributed by atoms with E-state index in [1.807, 2.05) is 24.4 Å². The second kappa shape index (κ2) is 6.34. The van der Waals surface area contributed by atoms with E-state index in [0.717, 1.165) is 42.8 Å². The molecule has 0 atom stereocenters. The standard InChI is InChI=1S/C17H17N5S/c1-2-4-14(5-3-1)15-13-23-17(20-15)22-10-8-21(9-11-22)16-12-18-6-7-19-16/h1-7,12-13H,8-11H2. The van der Waals surface area contributed by atoms with Gasteiger partial charge in [-0.05, 0) is 0 Å². The van der Waals surface area contributed by atoms with Crippen molar-refractivity contribution in [1.82, 2.24) is 15.0 Å². The van der Waals surface area contributed by atoms with Gasteiger partial charge in [0.2, 0.25) is 0 Å². The van der Waals surface area contributed by atoms with Crippen molar-refractivity contribution >= 4 is 22.3 Å². The number of anilines is 2. The summed E-state index contributed by atoms with van der Waals surface area (Å²) in [5.41, 5.74) is 2.23. The molecular formula is C17H17N5S. The summed E-state index contributed by atoms with van der Waals surface area (Å²) in [6.07, 6.45) is 5.28.